The van der Waals surface area contributed by atoms with Crippen LogP contribution in [0.2, 0.25) is 0 Å². The van der Waals surface area contributed by atoms with Crippen LogP contribution in [0.5, 0.6) is 5.75 Å². The molecular weight excluding hydrogens is 364 g/mol. The van der Waals surface area contributed by atoms with Crippen molar-refractivity contribution in [1.29, 1.82) is 0 Å². The molecule has 0 fully saturated rings. The Morgan fingerprint density at radius 3 is 2.52 bits per heavy atom. The fourth-order valence-corrected chi connectivity index (χ4v) is 3.66. The number of ether oxygens (including phenoxy) is 1. The van der Waals surface area contributed by atoms with Crippen LogP contribution >= 0.6 is 0 Å². The van der Waals surface area contributed by atoms with Crippen LogP contribution in [-0.2, 0) is 13.0 Å². The summed E-state index contributed by atoms with van der Waals surface area (Å²) in [4.78, 5) is 27.9. The molecule has 3 aromatic carbocycles. The van der Waals surface area contributed by atoms with E-state index in [9.17, 15) is 9.59 Å². The molecule has 0 saturated heterocycles. The molecule has 0 bridgehead atoms. The Morgan fingerprint density at radius 1 is 1.03 bits per heavy atom. The molecule has 0 unspecified atom stereocenters. The number of carbonyl (C=O) groups is 2. The van der Waals surface area contributed by atoms with E-state index in [0.717, 1.165) is 34.7 Å². The van der Waals surface area contributed by atoms with E-state index in [0.29, 0.717) is 17.7 Å². The normalized spacial score (nSPS) is 12.6. The van der Waals surface area contributed by atoms with Gasteiger partial charge in [-0.1, -0.05) is 37.3 Å². The monoisotopic (exact) mass is 386 g/mol. The van der Waals surface area contributed by atoms with Gasteiger partial charge in [-0.2, -0.15) is 0 Å². The molecule has 0 aromatic heterocycles. The summed E-state index contributed by atoms with van der Waals surface area (Å²) >= 11 is 0. The van der Waals surface area contributed by atoms with Crippen LogP contribution in [-0.4, -0.2) is 18.9 Å². The molecule has 0 atom stereocenters. The SMILES string of the molecule is CCc1ccccc1NC(=O)c1cccc2c1C(=O)N(c1ccc(OC)cc1)C2. The third kappa shape index (κ3) is 3.47. The molecule has 29 heavy (non-hydrogen) atoms. The summed E-state index contributed by atoms with van der Waals surface area (Å²) < 4.78 is 5.19. The highest BCUT2D eigenvalue weighted by Gasteiger charge is 2.32. The van der Waals surface area contributed by atoms with Crippen LogP contribution in [0.15, 0.2) is 66.7 Å². The third-order valence-electron chi connectivity index (χ3n) is 5.21. The van der Waals surface area contributed by atoms with Gasteiger partial charge in [0.05, 0.1) is 24.8 Å². The number of anilines is 2. The molecular formula is C24H22N2O3. The standard InChI is InChI=1S/C24H22N2O3/c1-3-16-7-4-5-10-21(16)25-23(27)20-9-6-8-17-15-26(24(28)22(17)20)18-11-13-19(29-2)14-12-18/h4-14H,3,15H2,1-2H3,(H,25,27). The lowest BCUT2D eigenvalue weighted by Crippen LogP contribution is -2.24. The van der Waals surface area contributed by atoms with E-state index in [1.54, 1.807) is 18.1 Å². The van der Waals surface area contributed by atoms with Gasteiger partial charge in [0, 0.05) is 11.4 Å². The van der Waals surface area contributed by atoms with Crippen molar-refractivity contribution in [2.45, 2.75) is 19.9 Å². The Balaban J connectivity index is 1.64. The van der Waals surface area contributed by atoms with E-state index in [1.807, 2.05) is 67.6 Å². The van der Waals surface area contributed by atoms with Crippen LogP contribution in [0, 0.1) is 0 Å². The van der Waals surface area contributed by atoms with Crippen LogP contribution in [0.25, 0.3) is 0 Å². The molecule has 1 aliphatic heterocycles. The zero-order valence-corrected chi connectivity index (χ0v) is 16.4. The smallest absolute Gasteiger partial charge is 0.259 e. The van der Waals surface area contributed by atoms with Crippen molar-refractivity contribution in [1.82, 2.24) is 0 Å². The Hall–Kier alpha value is -3.60. The van der Waals surface area contributed by atoms with E-state index in [2.05, 4.69) is 5.32 Å². The maximum Gasteiger partial charge on any atom is 0.259 e. The number of methoxy groups -OCH3 is 1. The van der Waals surface area contributed by atoms with Crippen LogP contribution < -0.4 is 15.0 Å². The fourth-order valence-electron chi connectivity index (χ4n) is 3.66. The number of hydrogen-bond acceptors (Lipinski definition) is 3. The summed E-state index contributed by atoms with van der Waals surface area (Å²) in [5, 5.41) is 2.97. The number of carbonyl (C=O) groups excluding carboxylic acids is 2. The number of rotatable bonds is 5. The summed E-state index contributed by atoms with van der Waals surface area (Å²) in [6, 6.07) is 20.5. The number of para-hydroxylation sites is 1. The van der Waals surface area contributed by atoms with Gasteiger partial charge >= 0.3 is 0 Å². The lowest BCUT2D eigenvalue weighted by atomic mass is 10.0. The Labute approximate surface area is 169 Å². The number of fused-ring (bicyclic) bond motifs is 1. The first kappa shape index (κ1) is 18.7. The topological polar surface area (TPSA) is 58.6 Å². The minimum atomic E-state index is -0.271. The quantitative estimate of drug-likeness (QED) is 0.693. The second-order valence-corrected chi connectivity index (χ2v) is 6.89. The number of benzene rings is 3. The Morgan fingerprint density at radius 2 is 1.79 bits per heavy atom. The molecule has 0 spiro atoms. The van der Waals surface area contributed by atoms with Crippen molar-refractivity contribution < 1.29 is 14.3 Å². The van der Waals surface area contributed by atoms with Crippen molar-refractivity contribution in [3.05, 3.63) is 89.0 Å². The van der Waals surface area contributed by atoms with Crippen molar-refractivity contribution in [2.24, 2.45) is 0 Å². The van der Waals surface area contributed by atoms with Gasteiger partial charge in [0.1, 0.15) is 5.75 Å². The maximum absolute atomic E-state index is 13.2. The van der Waals surface area contributed by atoms with Crippen LogP contribution in [0.1, 0.15) is 38.8 Å². The highest BCUT2D eigenvalue weighted by Crippen LogP contribution is 2.32. The zero-order valence-electron chi connectivity index (χ0n) is 16.4. The van der Waals surface area contributed by atoms with Crippen LogP contribution in [0.4, 0.5) is 11.4 Å². The lowest BCUT2D eigenvalue weighted by molar-refractivity contribution is 0.0976. The lowest BCUT2D eigenvalue weighted by Gasteiger charge is -2.16. The van der Waals surface area contributed by atoms with Crippen LogP contribution in [0.3, 0.4) is 0 Å². The first-order valence-electron chi connectivity index (χ1n) is 9.59. The average Bonchev–Trinajstić information content (AvgIpc) is 3.11. The summed E-state index contributed by atoms with van der Waals surface area (Å²) in [7, 11) is 1.60. The number of nitrogens with zero attached hydrogens (tertiary/aromatic N) is 1. The van der Waals surface area contributed by atoms with Crippen molar-refractivity contribution in [3.8, 4) is 5.75 Å². The van der Waals surface area contributed by atoms with Gasteiger partial charge in [-0.15, -0.1) is 0 Å². The predicted molar refractivity (Wildman–Crippen MR) is 114 cm³/mol. The zero-order chi connectivity index (χ0) is 20.4. The van der Waals surface area contributed by atoms with Crippen molar-refractivity contribution >= 4 is 23.2 Å². The van der Waals surface area contributed by atoms with Gasteiger partial charge in [-0.25, -0.2) is 0 Å². The summed E-state index contributed by atoms with van der Waals surface area (Å²) in [5.41, 5.74) is 4.32. The molecule has 1 aliphatic rings. The second kappa shape index (κ2) is 7.80. The Bertz CT molecular complexity index is 1070. The van der Waals surface area contributed by atoms with Crippen molar-refractivity contribution in [2.75, 3.05) is 17.3 Å². The fraction of sp³-hybridized carbons (Fsp3) is 0.167. The molecule has 3 aromatic rings. The van der Waals surface area contributed by atoms with E-state index < -0.39 is 0 Å². The van der Waals surface area contributed by atoms with Gasteiger partial charge in [0.15, 0.2) is 0 Å². The Kier molecular flexibility index (Phi) is 5.04. The molecule has 2 amide bonds. The van der Waals surface area contributed by atoms with E-state index in [-0.39, 0.29) is 11.8 Å². The summed E-state index contributed by atoms with van der Waals surface area (Å²) in [5.74, 6) is 0.292. The molecule has 0 radical (unpaired) electrons. The highest BCUT2D eigenvalue weighted by atomic mass is 16.5. The first-order chi connectivity index (χ1) is 14.1. The molecule has 0 saturated carbocycles. The number of hydrogen-bond donors (Lipinski definition) is 1. The average molecular weight is 386 g/mol. The van der Waals surface area contributed by atoms with E-state index in [4.69, 9.17) is 4.74 Å². The predicted octanol–water partition coefficient (Wildman–Crippen LogP) is 4.67. The first-order valence-corrected chi connectivity index (χ1v) is 9.59. The van der Waals surface area contributed by atoms with Gasteiger partial charge in [0.2, 0.25) is 0 Å². The molecule has 1 heterocycles. The van der Waals surface area contributed by atoms with E-state index in [1.165, 1.54) is 0 Å². The van der Waals surface area contributed by atoms with Gasteiger partial charge in [-0.05, 0) is 53.9 Å². The molecule has 146 valence electrons. The third-order valence-corrected chi connectivity index (χ3v) is 5.21. The molecule has 1 N–H and O–H groups in total. The maximum atomic E-state index is 13.2. The number of nitrogens with one attached hydrogen (secondary N) is 1. The minimum absolute atomic E-state index is 0.167. The highest BCUT2D eigenvalue weighted by molar-refractivity contribution is 6.18. The van der Waals surface area contributed by atoms with Gasteiger partial charge < -0.3 is 15.0 Å². The largest absolute Gasteiger partial charge is 0.497 e. The van der Waals surface area contributed by atoms with Gasteiger partial charge in [0.25, 0.3) is 11.8 Å². The van der Waals surface area contributed by atoms with Gasteiger partial charge in [-0.3, -0.25) is 9.59 Å². The van der Waals surface area contributed by atoms with Crippen molar-refractivity contribution in [3.63, 3.8) is 0 Å². The molecule has 5 nitrogen and oxygen atoms in total. The van der Waals surface area contributed by atoms with E-state index >= 15 is 0 Å². The number of amides is 2. The second-order valence-electron chi connectivity index (χ2n) is 6.89. The summed E-state index contributed by atoms with van der Waals surface area (Å²) in [6.07, 6.45) is 0.813. The number of aryl methyl sites for hydroxylation is 1. The molecule has 4 rings (SSSR count). The molecule has 0 aliphatic carbocycles. The molecule has 5 heteroatoms. The minimum Gasteiger partial charge on any atom is -0.497 e. The summed E-state index contributed by atoms with van der Waals surface area (Å²) in [6.45, 7) is 2.48.